The number of halogens is 1. The Morgan fingerprint density at radius 2 is 2.00 bits per heavy atom. The molecule has 2 rings (SSSR count). The highest BCUT2D eigenvalue weighted by Crippen LogP contribution is 2.21. The molecular weight excluding hydrogens is 247 g/mol. The molecule has 0 aliphatic heterocycles. The molecule has 2 aromatic rings. The summed E-state index contributed by atoms with van der Waals surface area (Å²) in [6.07, 6.45) is 0. The van der Waals surface area contributed by atoms with Crippen molar-refractivity contribution in [2.24, 2.45) is 0 Å². The predicted molar refractivity (Wildman–Crippen MR) is 71.8 cm³/mol. The molecule has 98 valence electrons. The van der Waals surface area contributed by atoms with Gasteiger partial charge in [-0.2, -0.15) is 0 Å². The van der Waals surface area contributed by atoms with Crippen LogP contribution in [-0.2, 0) is 0 Å². The summed E-state index contributed by atoms with van der Waals surface area (Å²) in [5.74, 6) is -0.395. The fraction of sp³-hybridized carbons (Fsp3) is 0.0714. The topological polar surface area (TPSA) is 64.3 Å². The summed E-state index contributed by atoms with van der Waals surface area (Å²) >= 11 is 0. The summed E-state index contributed by atoms with van der Waals surface area (Å²) in [4.78, 5) is 12.1. The van der Waals surface area contributed by atoms with Gasteiger partial charge in [-0.05, 0) is 30.3 Å². The number of carbonyl (C=O) groups is 1. The standard InChI is InChI=1S/C14H13FN2O2/c1-19-13-5-3-2-4-10(13)14(18)17-9-6-7-11(15)12(16)8-9/h2-8H,16H2,1H3,(H,17,18). The van der Waals surface area contributed by atoms with Gasteiger partial charge in [0.1, 0.15) is 11.6 Å². The van der Waals surface area contributed by atoms with Crippen molar-refractivity contribution in [2.75, 3.05) is 18.2 Å². The highest BCUT2D eigenvalue weighted by molar-refractivity contribution is 6.06. The minimum atomic E-state index is -0.518. The van der Waals surface area contributed by atoms with Crippen LogP contribution in [0, 0.1) is 5.82 Å². The minimum absolute atomic E-state index is 0.0159. The van der Waals surface area contributed by atoms with Gasteiger partial charge >= 0.3 is 0 Å². The van der Waals surface area contributed by atoms with E-state index in [4.69, 9.17) is 10.5 Å². The van der Waals surface area contributed by atoms with Crippen LogP contribution in [0.2, 0.25) is 0 Å². The first-order valence-electron chi connectivity index (χ1n) is 5.61. The third kappa shape index (κ3) is 2.82. The molecule has 0 aromatic heterocycles. The Bertz CT molecular complexity index is 614. The highest BCUT2D eigenvalue weighted by atomic mass is 19.1. The molecule has 0 spiro atoms. The average Bonchev–Trinajstić information content (AvgIpc) is 2.43. The van der Waals surface area contributed by atoms with Gasteiger partial charge in [0, 0.05) is 5.69 Å². The Hall–Kier alpha value is -2.56. The van der Waals surface area contributed by atoms with Crippen molar-refractivity contribution >= 4 is 17.3 Å². The first-order chi connectivity index (χ1) is 9.11. The van der Waals surface area contributed by atoms with Gasteiger partial charge in [0.05, 0.1) is 18.4 Å². The third-order valence-electron chi connectivity index (χ3n) is 2.61. The molecule has 0 atom stereocenters. The molecule has 2 aromatic carbocycles. The summed E-state index contributed by atoms with van der Waals surface area (Å²) in [5, 5.41) is 2.64. The maximum absolute atomic E-state index is 13.0. The Morgan fingerprint density at radius 1 is 1.26 bits per heavy atom. The summed E-state index contributed by atoms with van der Waals surface area (Å²) < 4.78 is 18.1. The van der Waals surface area contributed by atoms with E-state index in [1.54, 1.807) is 24.3 Å². The molecule has 1 amide bonds. The normalized spacial score (nSPS) is 10.0. The number of hydrogen-bond acceptors (Lipinski definition) is 3. The number of benzene rings is 2. The predicted octanol–water partition coefficient (Wildman–Crippen LogP) is 2.67. The zero-order chi connectivity index (χ0) is 13.8. The van der Waals surface area contributed by atoms with Crippen LogP contribution in [0.15, 0.2) is 42.5 Å². The van der Waals surface area contributed by atoms with Gasteiger partial charge in [0.15, 0.2) is 0 Å². The van der Waals surface area contributed by atoms with Crippen LogP contribution in [0.5, 0.6) is 5.75 Å². The van der Waals surface area contributed by atoms with E-state index in [9.17, 15) is 9.18 Å². The van der Waals surface area contributed by atoms with E-state index >= 15 is 0 Å². The molecule has 0 bridgehead atoms. The number of para-hydroxylation sites is 1. The van der Waals surface area contributed by atoms with Crippen molar-refractivity contribution in [3.05, 3.63) is 53.8 Å². The summed E-state index contributed by atoms with van der Waals surface area (Å²) in [5.41, 5.74) is 6.25. The van der Waals surface area contributed by atoms with E-state index in [0.29, 0.717) is 17.0 Å². The zero-order valence-electron chi connectivity index (χ0n) is 10.3. The van der Waals surface area contributed by atoms with Crippen molar-refractivity contribution in [3.8, 4) is 5.75 Å². The van der Waals surface area contributed by atoms with E-state index < -0.39 is 5.82 Å². The molecule has 0 saturated carbocycles. The average molecular weight is 260 g/mol. The monoisotopic (exact) mass is 260 g/mol. The van der Waals surface area contributed by atoms with Crippen molar-refractivity contribution in [2.45, 2.75) is 0 Å². The van der Waals surface area contributed by atoms with E-state index in [0.717, 1.165) is 0 Å². The first-order valence-corrected chi connectivity index (χ1v) is 5.61. The number of ether oxygens (including phenoxy) is 1. The van der Waals surface area contributed by atoms with Crippen molar-refractivity contribution in [1.82, 2.24) is 0 Å². The second-order valence-electron chi connectivity index (χ2n) is 3.89. The van der Waals surface area contributed by atoms with Gasteiger partial charge in [-0.1, -0.05) is 12.1 Å². The number of carbonyl (C=O) groups excluding carboxylic acids is 1. The molecule has 0 saturated heterocycles. The fourth-order valence-corrected chi connectivity index (χ4v) is 1.65. The van der Waals surface area contributed by atoms with E-state index in [1.807, 2.05) is 0 Å². The van der Waals surface area contributed by atoms with Gasteiger partial charge < -0.3 is 15.8 Å². The van der Waals surface area contributed by atoms with Gasteiger partial charge in [-0.15, -0.1) is 0 Å². The number of rotatable bonds is 3. The van der Waals surface area contributed by atoms with Crippen LogP contribution >= 0.6 is 0 Å². The van der Waals surface area contributed by atoms with E-state index in [1.165, 1.54) is 25.3 Å². The van der Waals surface area contributed by atoms with E-state index in [-0.39, 0.29) is 11.6 Å². The number of nitrogens with two attached hydrogens (primary N) is 1. The lowest BCUT2D eigenvalue weighted by molar-refractivity contribution is 0.102. The van der Waals surface area contributed by atoms with Crippen molar-refractivity contribution < 1.29 is 13.9 Å². The van der Waals surface area contributed by atoms with Gasteiger partial charge in [0.2, 0.25) is 0 Å². The van der Waals surface area contributed by atoms with Gasteiger partial charge in [0.25, 0.3) is 5.91 Å². The molecule has 0 aliphatic carbocycles. The summed E-state index contributed by atoms with van der Waals surface area (Å²) in [6.45, 7) is 0. The van der Waals surface area contributed by atoms with Crippen LogP contribution in [0.1, 0.15) is 10.4 Å². The molecule has 0 radical (unpaired) electrons. The van der Waals surface area contributed by atoms with Gasteiger partial charge in [-0.3, -0.25) is 4.79 Å². The van der Waals surface area contributed by atoms with Crippen LogP contribution in [-0.4, -0.2) is 13.0 Å². The molecule has 3 N–H and O–H groups in total. The number of amides is 1. The molecule has 5 heteroatoms. The van der Waals surface area contributed by atoms with Crippen LogP contribution in [0.25, 0.3) is 0 Å². The lowest BCUT2D eigenvalue weighted by atomic mass is 10.2. The molecule has 19 heavy (non-hydrogen) atoms. The summed E-state index contributed by atoms with van der Waals surface area (Å²) in [7, 11) is 1.49. The van der Waals surface area contributed by atoms with Gasteiger partial charge in [-0.25, -0.2) is 4.39 Å². The van der Waals surface area contributed by atoms with Crippen LogP contribution < -0.4 is 15.8 Å². The summed E-state index contributed by atoms with van der Waals surface area (Å²) in [6, 6.07) is 10.8. The second-order valence-corrected chi connectivity index (χ2v) is 3.89. The first kappa shape index (κ1) is 12.9. The smallest absolute Gasteiger partial charge is 0.259 e. The van der Waals surface area contributed by atoms with Crippen LogP contribution in [0.3, 0.4) is 0 Å². The quantitative estimate of drug-likeness (QED) is 0.834. The lowest BCUT2D eigenvalue weighted by Gasteiger charge is -2.09. The second kappa shape index (κ2) is 5.39. The van der Waals surface area contributed by atoms with Crippen molar-refractivity contribution in [3.63, 3.8) is 0 Å². The number of hydrogen-bond donors (Lipinski definition) is 2. The third-order valence-corrected chi connectivity index (χ3v) is 2.61. The minimum Gasteiger partial charge on any atom is -0.496 e. The molecular formula is C14H13FN2O2. The SMILES string of the molecule is COc1ccccc1C(=O)Nc1ccc(F)c(N)c1. The Morgan fingerprint density at radius 3 is 2.68 bits per heavy atom. The highest BCUT2D eigenvalue weighted by Gasteiger charge is 2.12. The molecule has 0 aliphatic rings. The maximum atomic E-state index is 13.0. The number of nitrogens with one attached hydrogen (secondary N) is 1. The molecule has 0 unspecified atom stereocenters. The number of methoxy groups -OCH3 is 1. The van der Waals surface area contributed by atoms with Crippen molar-refractivity contribution in [1.29, 1.82) is 0 Å². The maximum Gasteiger partial charge on any atom is 0.259 e. The fourth-order valence-electron chi connectivity index (χ4n) is 1.65. The Balaban J connectivity index is 2.23. The number of anilines is 2. The Labute approximate surface area is 110 Å². The molecule has 0 fully saturated rings. The lowest BCUT2D eigenvalue weighted by Crippen LogP contribution is -2.13. The number of nitrogen functional groups attached to an aromatic ring is 1. The molecule has 4 nitrogen and oxygen atoms in total. The Kier molecular flexibility index (Phi) is 3.66. The van der Waals surface area contributed by atoms with E-state index in [2.05, 4.69) is 5.32 Å². The van der Waals surface area contributed by atoms with Crippen LogP contribution in [0.4, 0.5) is 15.8 Å². The molecule has 0 heterocycles. The zero-order valence-corrected chi connectivity index (χ0v) is 10.3. The largest absolute Gasteiger partial charge is 0.496 e.